The van der Waals surface area contributed by atoms with Gasteiger partial charge in [0.1, 0.15) is 0 Å². The normalized spacial score (nSPS) is 11.3. The van der Waals surface area contributed by atoms with Crippen molar-refractivity contribution in [2.45, 2.75) is 26.4 Å². The zero-order valence-corrected chi connectivity index (χ0v) is 11.5. The Balaban J connectivity index is 2.20. The van der Waals surface area contributed by atoms with Crippen LogP contribution in [0, 0.1) is 0 Å². The molecule has 3 rings (SSSR count). The van der Waals surface area contributed by atoms with Crippen LogP contribution in [0.2, 0.25) is 0 Å². The van der Waals surface area contributed by atoms with Gasteiger partial charge in [-0.15, -0.1) is 0 Å². The number of aromatic nitrogens is 3. The smallest absolute Gasteiger partial charge is 0.180 e. The third-order valence-electron chi connectivity index (χ3n) is 3.39. The van der Waals surface area contributed by atoms with Gasteiger partial charge in [0.15, 0.2) is 11.5 Å². The summed E-state index contributed by atoms with van der Waals surface area (Å²) in [5.74, 6) is 0.775. The predicted molar refractivity (Wildman–Crippen MR) is 79.8 cm³/mol. The molecule has 0 spiro atoms. The average Bonchev–Trinajstić information content (AvgIpc) is 2.92. The lowest BCUT2D eigenvalue weighted by molar-refractivity contribution is 0.276. The molecule has 2 heterocycles. The first kappa shape index (κ1) is 12.9. The number of anilines is 1. The third-order valence-corrected chi connectivity index (χ3v) is 3.39. The maximum atomic E-state index is 9.49. The molecule has 0 fully saturated rings. The number of hydrogen-bond acceptors (Lipinski definition) is 4. The van der Waals surface area contributed by atoms with Crippen molar-refractivity contribution in [1.82, 2.24) is 14.4 Å². The Morgan fingerprint density at radius 3 is 2.95 bits per heavy atom. The van der Waals surface area contributed by atoms with Gasteiger partial charge in [-0.1, -0.05) is 25.5 Å². The van der Waals surface area contributed by atoms with Gasteiger partial charge in [-0.05, 0) is 18.6 Å². The minimum atomic E-state index is -0.0381. The quantitative estimate of drug-likeness (QED) is 0.699. The molecule has 0 radical (unpaired) electrons. The molecule has 2 aromatic heterocycles. The number of nitrogens with zero attached hydrogens (tertiary/aromatic N) is 3. The van der Waals surface area contributed by atoms with Gasteiger partial charge in [-0.3, -0.25) is 4.40 Å². The summed E-state index contributed by atoms with van der Waals surface area (Å²) in [6, 6.07) is 7.90. The van der Waals surface area contributed by atoms with Crippen molar-refractivity contribution in [1.29, 1.82) is 0 Å². The van der Waals surface area contributed by atoms with Crippen LogP contribution in [0.1, 0.15) is 25.5 Å². The number of nitrogens with one attached hydrogen (secondary N) is 1. The molecule has 5 heteroatoms. The van der Waals surface area contributed by atoms with E-state index in [0.29, 0.717) is 0 Å². The number of hydrogen-bond donors (Lipinski definition) is 2. The van der Waals surface area contributed by atoms with Gasteiger partial charge in [-0.25, -0.2) is 9.97 Å². The van der Waals surface area contributed by atoms with Crippen LogP contribution in [0.5, 0.6) is 0 Å². The van der Waals surface area contributed by atoms with Gasteiger partial charge >= 0.3 is 0 Å². The van der Waals surface area contributed by atoms with Crippen molar-refractivity contribution in [3.8, 4) is 0 Å². The number of aliphatic hydroxyl groups is 1. The average molecular weight is 270 g/mol. The second-order valence-electron chi connectivity index (χ2n) is 4.80. The zero-order chi connectivity index (χ0) is 13.9. The summed E-state index contributed by atoms with van der Waals surface area (Å²) in [6.07, 6.45) is 3.93. The van der Waals surface area contributed by atoms with E-state index in [1.165, 1.54) is 0 Å². The number of benzene rings is 1. The largest absolute Gasteiger partial charge is 0.390 e. The molecule has 104 valence electrons. The number of fused-ring (bicyclic) bond motifs is 3. The minimum Gasteiger partial charge on any atom is -0.390 e. The molecule has 2 N–H and O–H groups in total. The van der Waals surface area contributed by atoms with E-state index in [2.05, 4.69) is 22.2 Å². The minimum absolute atomic E-state index is 0.0381. The van der Waals surface area contributed by atoms with E-state index in [1.54, 1.807) is 6.20 Å². The maximum absolute atomic E-state index is 9.49. The Kier molecular flexibility index (Phi) is 3.52. The highest BCUT2D eigenvalue weighted by molar-refractivity contribution is 5.83. The molecule has 0 aliphatic heterocycles. The first-order chi connectivity index (χ1) is 9.85. The zero-order valence-electron chi connectivity index (χ0n) is 11.5. The molecule has 0 aliphatic carbocycles. The van der Waals surface area contributed by atoms with Gasteiger partial charge < -0.3 is 10.4 Å². The Hall–Kier alpha value is -2.14. The van der Waals surface area contributed by atoms with E-state index in [9.17, 15) is 5.11 Å². The van der Waals surface area contributed by atoms with Crippen molar-refractivity contribution in [2.24, 2.45) is 0 Å². The summed E-state index contributed by atoms with van der Waals surface area (Å²) in [5.41, 5.74) is 3.40. The van der Waals surface area contributed by atoms with Crippen LogP contribution in [0.4, 0.5) is 5.82 Å². The number of para-hydroxylation sites is 2. The van der Waals surface area contributed by atoms with Crippen molar-refractivity contribution in [3.63, 3.8) is 0 Å². The summed E-state index contributed by atoms with van der Waals surface area (Å²) in [4.78, 5) is 9.04. The Morgan fingerprint density at radius 1 is 1.30 bits per heavy atom. The molecule has 5 nitrogen and oxygen atoms in total. The number of unbranched alkanes of at least 4 members (excludes halogenated alkanes) is 1. The summed E-state index contributed by atoms with van der Waals surface area (Å²) in [7, 11) is 0. The maximum Gasteiger partial charge on any atom is 0.180 e. The fourth-order valence-electron chi connectivity index (χ4n) is 2.35. The summed E-state index contributed by atoms with van der Waals surface area (Å²) in [5, 5.41) is 12.8. The van der Waals surface area contributed by atoms with Crippen LogP contribution < -0.4 is 5.32 Å². The number of rotatable bonds is 5. The van der Waals surface area contributed by atoms with Gasteiger partial charge in [0, 0.05) is 6.54 Å². The SMILES string of the molecule is CCCCNc1nc2ccccc2n2c(CO)cnc12. The summed E-state index contributed by atoms with van der Waals surface area (Å²) >= 11 is 0. The van der Waals surface area contributed by atoms with E-state index < -0.39 is 0 Å². The lowest BCUT2D eigenvalue weighted by Gasteiger charge is -2.10. The second kappa shape index (κ2) is 5.46. The summed E-state index contributed by atoms with van der Waals surface area (Å²) in [6.45, 7) is 2.99. The van der Waals surface area contributed by atoms with Gasteiger partial charge in [0.05, 0.1) is 29.5 Å². The molecule has 20 heavy (non-hydrogen) atoms. The lowest BCUT2D eigenvalue weighted by atomic mass is 10.3. The fraction of sp³-hybridized carbons (Fsp3) is 0.333. The Labute approximate surface area is 117 Å². The molecule has 0 unspecified atom stereocenters. The number of aliphatic hydroxyl groups excluding tert-OH is 1. The van der Waals surface area contributed by atoms with Crippen LogP contribution >= 0.6 is 0 Å². The second-order valence-corrected chi connectivity index (χ2v) is 4.80. The van der Waals surface area contributed by atoms with Crippen molar-refractivity contribution in [2.75, 3.05) is 11.9 Å². The molecular weight excluding hydrogens is 252 g/mol. The van der Waals surface area contributed by atoms with Crippen LogP contribution in [-0.4, -0.2) is 26.0 Å². The topological polar surface area (TPSA) is 62.5 Å². The van der Waals surface area contributed by atoms with Crippen LogP contribution in [0.3, 0.4) is 0 Å². The summed E-state index contributed by atoms with van der Waals surface area (Å²) < 4.78 is 1.97. The van der Waals surface area contributed by atoms with E-state index in [1.807, 2.05) is 28.7 Å². The molecule has 1 aromatic carbocycles. The third kappa shape index (κ3) is 2.10. The van der Waals surface area contributed by atoms with Crippen LogP contribution in [0.15, 0.2) is 30.5 Å². The van der Waals surface area contributed by atoms with E-state index >= 15 is 0 Å². The van der Waals surface area contributed by atoms with Crippen LogP contribution in [0.25, 0.3) is 16.7 Å². The molecule has 0 saturated carbocycles. The van der Waals surface area contributed by atoms with Gasteiger partial charge in [0.2, 0.25) is 0 Å². The molecule has 0 bridgehead atoms. The molecule has 0 aliphatic rings. The highest BCUT2D eigenvalue weighted by atomic mass is 16.3. The molecule has 3 aromatic rings. The van der Waals surface area contributed by atoms with E-state index in [4.69, 9.17) is 0 Å². The van der Waals surface area contributed by atoms with Crippen molar-refractivity contribution in [3.05, 3.63) is 36.2 Å². The molecule has 0 atom stereocenters. The highest BCUT2D eigenvalue weighted by Crippen LogP contribution is 2.22. The van der Waals surface area contributed by atoms with Crippen LogP contribution in [-0.2, 0) is 6.61 Å². The molecule has 0 saturated heterocycles. The first-order valence-corrected chi connectivity index (χ1v) is 6.95. The molecular formula is C15H18N4O. The first-order valence-electron chi connectivity index (χ1n) is 6.95. The monoisotopic (exact) mass is 270 g/mol. The number of imidazole rings is 1. The van der Waals surface area contributed by atoms with Gasteiger partial charge in [0.25, 0.3) is 0 Å². The van der Waals surface area contributed by atoms with Crippen molar-refractivity contribution >= 4 is 22.5 Å². The Bertz CT molecular complexity index is 735. The van der Waals surface area contributed by atoms with E-state index in [0.717, 1.165) is 47.6 Å². The standard InChI is InChI=1S/C15H18N4O/c1-2-3-8-16-14-15-17-9-11(10-20)19(15)13-7-5-4-6-12(13)18-14/h4-7,9,20H,2-3,8,10H2,1H3,(H,16,18). The molecule has 0 amide bonds. The predicted octanol–water partition coefficient (Wildman–Crippen LogP) is 2.59. The Morgan fingerprint density at radius 2 is 2.15 bits per heavy atom. The van der Waals surface area contributed by atoms with Gasteiger partial charge in [-0.2, -0.15) is 0 Å². The highest BCUT2D eigenvalue weighted by Gasteiger charge is 2.12. The lowest BCUT2D eigenvalue weighted by Crippen LogP contribution is -2.07. The van der Waals surface area contributed by atoms with Crippen molar-refractivity contribution < 1.29 is 5.11 Å². The van der Waals surface area contributed by atoms with E-state index in [-0.39, 0.29) is 6.61 Å². The fourth-order valence-corrected chi connectivity index (χ4v) is 2.35.